The quantitative estimate of drug-likeness (QED) is 0.713. The second-order valence-corrected chi connectivity index (χ2v) is 4.39. The van der Waals surface area contributed by atoms with Crippen molar-refractivity contribution in [1.29, 1.82) is 0 Å². The van der Waals surface area contributed by atoms with Crippen LogP contribution < -0.4 is 4.90 Å². The Morgan fingerprint density at radius 1 is 1.18 bits per heavy atom. The van der Waals surface area contributed by atoms with Gasteiger partial charge in [-0.2, -0.15) is 0 Å². The summed E-state index contributed by atoms with van der Waals surface area (Å²) in [7, 11) is 1.72. The van der Waals surface area contributed by atoms with Gasteiger partial charge >= 0.3 is 0 Å². The molecule has 0 aliphatic carbocycles. The third-order valence-corrected chi connectivity index (χ3v) is 3.38. The fourth-order valence-electron chi connectivity index (χ4n) is 2.05. The second-order valence-electron chi connectivity index (χ2n) is 4.12. The van der Waals surface area contributed by atoms with Crippen molar-refractivity contribution < 1.29 is 8.78 Å². The Morgan fingerprint density at radius 3 is 2.00 bits per heavy atom. The van der Waals surface area contributed by atoms with Crippen LogP contribution in [0, 0.1) is 11.6 Å². The minimum absolute atomic E-state index is 0.0348. The van der Waals surface area contributed by atoms with Crippen molar-refractivity contribution >= 4 is 17.3 Å². The SMILES string of the molecule is CCC(CC)N(C)c1c(F)cc(CCl)cc1F. The molecular formula is C13H18ClF2N. The molecule has 0 radical (unpaired) electrons. The molecule has 0 atom stereocenters. The van der Waals surface area contributed by atoms with Crippen LogP contribution in [0.4, 0.5) is 14.5 Å². The summed E-state index contributed by atoms with van der Waals surface area (Å²) in [4.78, 5) is 1.67. The van der Waals surface area contributed by atoms with Crippen molar-refractivity contribution in [2.75, 3.05) is 11.9 Å². The van der Waals surface area contributed by atoms with Gasteiger partial charge in [0.15, 0.2) is 0 Å². The predicted octanol–water partition coefficient (Wildman–Crippen LogP) is 4.33. The summed E-state index contributed by atoms with van der Waals surface area (Å²) >= 11 is 5.57. The molecule has 0 spiro atoms. The van der Waals surface area contributed by atoms with Crippen LogP contribution in [-0.4, -0.2) is 13.1 Å². The molecular weight excluding hydrogens is 244 g/mol. The second kappa shape index (κ2) is 6.20. The van der Waals surface area contributed by atoms with Crippen LogP contribution in [0.25, 0.3) is 0 Å². The summed E-state index contributed by atoms with van der Waals surface area (Å²) < 4.78 is 27.7. The van der Waals surface area contributed by atoms with Gasteiger partial charge in [0.2, 0.25) is 0 Å². The monoisotopic (exact) mass is 261 g/mol. The Bertz CT molecular complexity index is 355. The highest BCUT2D eigenvalue weighted by atomic mass is 35.5. The molecule has 0 saturated heterocycles. The first-order chi connectivity index (χ1) is 8.04. The average Bonchev–Trinajstić information content (AvgIpc) is 2.29. The van der Waals surface area contributed by atoms with Crippen LogP contribution in [0.15, 0.2) is 12.1 Å². The van der Waals surface area contributed by atoms with Gasteiger partial charge < -0.3 is 4.90 Å². The minimum atomic E-state index is -0.546. The number of halogens is 3. The number of benzene rings is 1. The molecule has 0 heterocycles. The first-order valence-corrected chi connectivity index (χ1v) is 6.35. The van der Waals surface area contributed by atoms with Crippen LogP contribution in [0.5, 0.6) is 0 Å². The van der Waals surface area contributed by atoms with E-state index in [0.717, 1.165) is 12.8 Å². The van der Waals surface area contributed by atoms with E-state index in [1.165, 1.54) is 12.1 Å². The molecule has 1 aromatic carbocycles. The first kappa shape index (κ1) is 14.2. The fraction of sp³-hybridized carbons (Fsp3) is 0.538. The van der Waals surface area contributed by atoms with Crippen LogP contribution in [0.3, 0.4) is 0 Å². The molecule has 0 fully saturated rings. The standard InChI is InChI=1S/C13H18ClF2N/c1-4-10(5-2)17(3)13-11(15)6-9(8-14)7-12(13)16/h6-7,10H,4-5,8H2,1-3H3. The maximum absolute atomic E-state index is 13.8. The summed E-state index contributed by atoms with van der Waals surface area (Å²) in [5, 5.41) is 0. The molecule has 0 unspecified atom stereocenters. The van der Waals surface area contributed by atoms with E-state index in [0.29, 0.717) is 5.56 Å². The van der Waals surface area contributed by atoms with Crippen molar-refractivity contribution in [3.05, 3.63) is 29.3 Å². The summed E-state index contributed by atoms with van der Waals surface area (Å²) in [6, 6.07) is 2.73. The number of rotatable bonds is 5. The van der Waals surface area contributed by atoms with E-state index < -0.39 is 11.6 Å². The Kier molecular flexibility index (Phi) is 5.19. The van der Waals surface area contributed by atoms with Gasteiger partial charge in [0, 0.05) is 19.0 Å². The molecule has 0 aromatic heterocycles. The Morgan fingerprint density at radius 2 is 1.65 bits per heavy atom. The molecule has 0 amide bonds. The van der Waals surface area contributed by atoms with Gasteiger partial charge in [-0.25, -0.2) is 8.78 Å². The molecule has 0 aliphatic heterocycles. The molecule has 0 N–H and O–H groups in total. The lowest BCUT2D eigenvalue weighted by atomic mass is 10.1. The van der Waals surface area contributed by atoms with Crippen molar-refractivity contribution in [3.8, 4) is 0 Å². The molecule has 96 valence electrons. The molecule has 17 heavy (non-hydrogen) atoms. The maximum atomic E-state index is 13.8. The van der Waals surface area contributed by atoms with Crippen LogP contribution in [0.2, 0.25) is 0 Å². The van der Waals surface area contributed by atoms with Gasteiger partial charge in [0.05, 0.1) is 0 Å². The highest BCUT2D eigenvalue weighted by molar-refractivity contribution is 6.17. The van der Waals surface area contributed by atoms with Crippen LogP contribution in [0.1, 0.15) is 32.3 Å². The summed E-state index contributed by atoms with van der Waals surface area (Å²) in [6.45, 7) is 4.02. The lowest BCUT2D eigenvalue weighted by molar-refractivity contribution is 0.535. The third kappa shape index (κ3) is 3.09. The zero-order chi connectivity index (χ0) is 13.0. The smallest absolute Gasteiger partial charge is 0.149 e. The van der Waals surface area contributed by atoms with Crippen molar-refractivity contribution in [1.82, 2.24) is 0 Å². The maximum Gasteiger partial charge on any atom is 0.149 e. The van der Waals surface area contributed by atoms with Crippen LogP contribution in [-0.2, 0) is 5.88 Å². The van der Waals surface area contributed by atoms with Crippen molar-refractivity contribution in [2.24, 2.45) is 0 Å². The summed E-state index contributed by atoms with van der Waals surface area (Å²) in [6.07, 6.45) is 1.70. The number of hydrogen-bond acceptors (Lipinski definition) is 1. The van der Waals surface area contributed by atoms with Gasteiger partial charge in [-0.05, 0) is 30.5 Å². The van der Waals surface area contributed by atoms with E-state index in [4.69, 9.17) is 11.6 Å². The minimum Gasteiger partial charge on any atom is -0.367 e. The normalized spacial score (nSPS) is 11.0. The van der Waals surface area contributed by atoms with Crippen molar-refractivity contribution in [3.63, 3.8) is 0 Å². The Labute approximate surface area is 106 Å². The molecule has 1 aromatic rings. The number of hydrogen-bond donors (Lipinski definition) is 0. The van der Waals surface area contributed by atoms with Gasteiger partial charge in [0.1, 0.15) is 17.3 Å². The van der Waals surface area contributed by atoms with E-state index >= 15 is 0 Å². The molecule has 0 bridgehead atoms. The number of nitrogens with zero attached hydrogens (tertiary/aromatic N) is 1. The van der Waals surface area contributed by atoms with E-state index in [1.807, 2.05) is 13.8 Å². The fourth-order valence-corrected chi connectivity index (χ4v) is 2.21. The van der Waals surface area contributed by atoms with Crippen molar-refractivity contribution in [2.45, 2.75) is 38.6 Å². The van der Waals surface area contributed by atoms with E-state index in [-0.39, 0.29) is 17.6 Å². The third-order valence-electron chi connectivity index (χ3n) is 3.07. The summed E-state index contributed by atoms with van der Waals surface area (Å²) in [5.41, 5.74) is 0.496. The van der Waals surface area contributed by atoms with E-state index in [2.05, 4.69) is 0 Å². The van der Waals surface area contributed by atoms with Crippen LogP contribution >= 0.6 is 11.6 Å². The lowest BCUT2D eigenvalue weighted by Crippen LogP contribution is -2.31. The van der Waals surface area contributed by atoms with E-state index in [1.54, 1.807) is 11.9 Å². The van der Waals surface area contributed by atoms with E-state index in [9.17, 15) is 8.78 Å². The lowest BCUT2D eigenvalue weighted by Gasteiger charge is -2.29. The first-order valence-electron chi connectivity index (χ1n) is 5.81. The largest absolute Gasteiger partial charge is 0.367 e. The van der Waals surface area contributed by atoms with Gasteiger partial charge in [-0.1, -0.05) is 13.8 Å². The molecule has 0 saturated carbocycles. The zero-order valence-electron chi connectivity index (χ0n) is 10.4. The zero-order valence-corrected chi connectivity index (χ0v) is 11.2. The molecule has 4 heteroatoms. The van der Waals surface area contributed by atoms with Gasteiger partial charge in [-0.3, -0.25) is 0 Å². The topological polar surface area (TPSA) is 3.24 Å². The highest BCUT2D eigenvalue weighted by Crippen LogP contribution is 2.27. The average molecular weight is 262 g/mol. The Balaban J connectivity index is 3.13. The van der Waals surface area contributed by atoms with Gasteiger partial charge in [-0.15, -0.1) is 11.6 Å². The molecule has 1 nitrogen and oxygen atoms in total. The molecule has 0 aliphatic rings. The van der Waals surface area contributed by atoms with Gasteiger partial charge in [0.25, 0.3) is 0 Å². The highest BCUT2D eigenvalue weighted by Gasteiger charge is 2.19. The summed E-state index contributed by atoms with van der Waals surface area (Å²) in [5.74, 6) is -0.979. The predicted molar refractivity (Wildman–Crippen MR) is 68.7 cm³/mol. The molecule has 1 rings (SSSR count). The number of anilines is 1. The number of alkyl halides is 1. The Hall–Kier alpha value is -0.830.